The second-order valence-electron chi connectivity index (χ2n) is 7.05. The molecule has 9 heteroatoms. The van der Waals surface area contributed by atoms with E-state index in [4.69, 9.17) is 0 Å². The Morgan fingerprint density at radius 3 is 2.45 bits per heavy atom. The Labute approximate surface area is 168 Å². The quantitative estimate of drug-likeness (QED) is 0.826. The molecule has 0 unspecified atom stereocenters. The first kappa shape index (κ1) is 19.5. The number of sulfonamides is 1. The van der Waals surface area contributed by atoms with Crippen molar-refractivity contribution in [1.29, 1.82) is 0 Å². The summed E-state index contributed by atoms with van der Waals surface area (Å²) >= 11 is 0. The van der Waals surface area contributed by atoms with Crippen LogP contribution >= 0.6 is 0 Å². The molecular formula is C20H20FN3O4S. The van der Waals surface area contributed by atoms with E-state index in [1.807, 2.05) is 0 Å². The summed E-state index contributed by atoms with van der Waals surface area (Å²) < 4.78 is 40.5. The highest BCUT2D eigenvalue weighted by molar-refractivity contribution is 7.89. The van der Waals surface area contributed by atoms with Crippen molar-refractivity contribution in [2.45, 2.75) is 17.7 Å². The molecule has 4 rings (SSSR count). The summed E-state index contributed by atoms with van der Waals surface area (Å²) in [5, 5.41) is 2.78. The fourth-order valence-electron chi connectivity index (χ4n) is 3.62. The minimum absolute atomic E-state index is 0.0382. The predicted octanol–water partition coefficient (Wildman–Crippen LogP) is 1.86. The Morgan fingerprint density at radius 2 is 1.72 bits per heavy atom. The van der Waals surface area contributed by atoms with Gasteiger partial charge in [-0.1, -0.05) is 12.1 Å². The normalized spacial score (nSPS) is 17.6. The van der Waals surface area contributed by atoms with E-state index in [9.17, 15) is 22.4 Å². The molecule has 0 bridgehead atoms. The van der Waals surface area contributed by atoms with Gasteiger partial charge in [-0.25, -0.2) is 12.8 Å². The lowest BCUT2D eigenvalue weighted by molar-refractivity contribution is -0.116. The van der Waals surface area contributed by atoms with Crippen LogP contribution in [0.3, 0.4) is 0 Å². The highest BCUT2D eigenvalue weighted by Gasteiger charge is 2.32. The summed E-state index contributed by atoms with van der Waals surface area (Å²) in [7, 11) is -3.94. The van der Waals surface area contributed by atoms with Gasteiger partial charge in [-0.15, -0.1) is 0 Å². The van der Waals surface area contributed by atoms with Crippen molar-refractivity contribution in [2.24, 2.45) is 0 Å². The summed E-state index contributed by atoms with van der Waals surface area (Å²) in [5.74, 6) is -1.01. The molecule has 2 amide bonds. The summed E-state index contributed by atoms with van der Waals surface area (Å²) in [4.78, 5) is 25.5. The summed E-state index contributed by atoms with van der Waals surface area (Å²) in [5.41, 5.74) is 2.14. The van der Waals surface area contributed by atoms with E-state index < -0.39 is 15.8 Å². The second-order valence-corrected chi connectivity index (χ2v) is 8.95. The van der Waals surface area contributed by atoms with Gasteiger partial charge in [-0.3, -0.25) is 9.59 Å². The molecule has 2 aliphatic heterocycles. The van der Waals surface area contributed by atoms with Gasteiger partial charge in [-0.2, -0.15) is 4.31 Å². The first-order valence-electron chi connectivity index (χ1n) is 9.33. The van der Waals surface area contributed by atoms with Crippen LogP contribution in [-0.2, 0) is 21.2 Å². The number of benzene rings is 2. The van der Waals surface area contributed by atoms with Crippen LogP contribution in [0.15, 0.2) is 47.4 Å². The maximum Gasteiger partial charge on any atom is 0.253 e. The van der Waals surface area contributed by atoms with E-state index in [1.165, 1.54) is 22.5 Å². The number of anilines is 1. The predicted molar refractivity (Wildman–Crippen MR) is 104 cm³/mol. The zero-order valence-electron chi connectivity index (χ0n) is 15.6. The Kier molecular flexibility index (Phi) is 5.10. The van der Waals surface area contributed by atoms with E-state index in [1.54, 1.807) is 23.1 Å². The number of carbonyl (C=O) groups excluding carboxylic acids is 2. The number of nitrogens with one attached hydrogen (secondary N) is 1. The Morgan fingerprint density at radius 1 is 1.00 bits per heavy atom. The van der Waals surface area contributed by atoms with Crippen LogP contribution in [0.25, 0.3) is 0 Å². The fraction of sp³-hybridized carbons (Fsp3) is 0.300. The third kappa shape index (κ3) is 3.75. The lowest BCUT2D eigenvalue weighted by Gasteiger charge is -2.34. The number of nitrogens with zero attached hydrogens (tertiary/aromatic N) is 2. The number of hydrogen-bond acceptors (Lipinski definition) is 4. The average molecular weight is 417 g/mol. The van der Waals surface area contributed by atoms with E-state index in [0.717, 1.165) is 17.3 Å². The highest BCUT2D eigenvalue weighted by Crippen LogP contribution is 2.25. The molecule has 2 heterocycles. The van der Waals surface area contributed by atoms with Crippen LogP contribution in [0, 0.1) is 5.82 Å². The van der Waals surface area contributed by atoms with Gasteiger partial charge in [0.15, 0.2) is 0 Å². The van der Waals surface area contributed by atoms with Crippen LogP contribution < -0.4 is 5.32 Å². The maximum absolute atomic E-state index is 13.9. The minimum atomic E-state index is -3.94. The molecule has 152 valence electrons. The fourth-order valence-corrected chi connectivity index (χ4v) is 5.11. The van der Waals surface area contributed by atoms with Crippen molar-refractivity contribution in [3.63, 3.8) is 0 Å². The number of rotatable bonds is 3. The van der Waals surface area contributed by atoms with Gasteiger partial charge in [0, 0.05) is 43.9 Å². The summed E-state index contributed by atoms with van der Waals surface area (Å²) in [6.07, 6.45) is 0.966. The van der Waals surface area contributed by atoms with Crippen molar-refractivity contribution in [1.82, 2.24) is 9.21 Å². The van der Waals surface area contributed by atoms with E-state index in [-0.39, 0.29) is 42.9 Å². The number of aryl methyl sites for hydroxylation is 1. The zero-order chi connectivity index (χ0) is 20.6. The maximum atomic E-state index is 13.9. The molecule has 1 fully saturated rings. The van der Waals surface area contributed by atoms with Gasteiger partial charge < -0.3 is 10.2 Å². The monoisotopic (exact) mass is 417 g/mol. The molecule has 1 N–H and O–H groups in total. The standard InChI is InChI=1S/C20H20FN3O4S/c21-16-3-1-2-4-18(16)29(27,28)24-11-9-23(10-12-24)20(26)15-5-7-17-14(13-15)6-8-19(25)22-17/h1-5,7,13H,6,8-12H2,(H,22,25). The molecule has 2 aromatic rings. The largest absolute Gasteiger partial charge is 0.336 e. The summed E-state index contributed by atoms with van der Waals surface area (Å²) in [6.45, 7) is 0.646. The van der Waals surface area contributed by atoms with Crippen LogP contribution in [0.2, 0.25) is 0 Å². The van der Waals surface area contributed by atoms with Crippen molar-refractivity contribution in [3.8, 4) is 0 Å². The van der Waals surface area contributed by atoms with Gasteiger partial charge in [-0.05, 0) is 42.3 Å². The van der Waals surface area contributed by atoms with Crippen molar-refractivity contribution in [3.05, 3.63) is 59.4 Å². The number of piperazine rings is 1. The number of carbonyl (C=O) groups is 2. The third-order valence-corrected chi connectivity index (χ3v) is 7.16. The minimum Gasteiger partial charge on any atom is -0.336 e. The lowest BCUT2D eigenvalue weighted by atomic mass is 10.00. The van der Waals surface area contributed by atoms with Crippen molar-refractivity contribution >= 4 is 27.5 Å². The lowest BCUT2D eigenvalue weighted by Crippen LogP contribution is -2.50. The van der Waals surface area contributed by atoms with Gasteiger partial charge in [0.2, 0.25) is 15.9 Å². The molecule has 2 aromatic carbocycles. The van der Waals surface area contributed by atoms with Crippen LogP contribution in [0.5, 0.6) is 0 Å². The summed E-state index contributed by atoms with van der Waals surface area (Å²) in [6, 6.07) is 10.4. The number of amides is 2. The van der Waals surface area contributed by atoms with E-state index >= 15 is 0 Å². The van der Waals surface area contributed by atoms with E-state index in [2.05, 4.69) is 5.32 Å². The van der Waals surface area contributed by atoms with Gasteiger partial charge in [0.1, 0.15) is 10.7 Å². The first-order chi connectivity index (χ1) is 13.9. The molecule has 29 heavy (non-hydrogen) atoms. The van der Waals surface area contributed by atoms with Crippen molar-refractivity contribution < 1.29 is 22.4 Å². The molecule has 2 aliphatic rings. The molecule has 1 saturated heterocycles. The Hall–Kier alpha value is -2.78. The first-order valence-corrected chi connectivity index (χ1v) is 10.8. The topological polar surface area (TPSA) is 86.8 Å². The average Bonchev–Trinajstić information content (AvgIpc) is 2.73. The Bertz CT molecular complexity index is 1080. The molecule has 0 saturated carbocycles. The molecule has 0 atom stereocenters. The van der Waals surface area contributed by atoms with Crippen molar-refractivity contribution in [2.75, 3.05) is 31.5 Å². The molecule has 0 aliphatic carbocycles. The molecule has 0 radical (unpaired) electrons. The zero-order valence-corrected chi connectivity index (χ0v) is 16.4. The highest BCUT2D eigenvalue weighted by atomic mass is 32.2. The molecule has 0 spiro atoms. The third-order valence-electron chi connectivity index (χ3n) is 5.23. The molecule has 7 nitrogen and oxygen atoms in total. The SMILES string of the molecule is O=C1CCc2cc(C(=O)N3CCN(S(=O)(=O)c4ccccc4F)CC3)ccc2N1. The van der Waals surface area contributed by atoms with Crippen LogP contribution in [0.4, 0.5) is 10.1 Å². The Balaban J connectivity index is 1.45. The van der Waals surface area contributed by atoms with E-state index in [0.29, 0.717) is 18.4 Å². The number of hydrogen-bond donors (Lipinski definition) is 1. The smallest absolute Gasteiger partial charge is 0.253 e. The van der Waals surface area contributed by atoms with Gasteiger partial charge >= 0.3 is 0 Å². The molecular weight excluding hydrogens is 397 g/mol. The van der Waals surface area contributed by atoms with Crippen LogP contribution in [-0.4, -0.2) is 55.6 Å². The van der Waals surface area contributed by atoms with Crippen LogP contribution in [0.1, 0.15) is 22.3 Å². The number of halogens is 1. The second kappa shape index (κ2) is 7.57. The van der Waals surface area contributed by atoms with Gasteiger partial charge in [0.25, 0.3) is 5.91 Å². The van der Waals surface area contributed by atoms with Gasteiger partial charge in [0.05, 0.1) is 0 Å². The molecule has 0 aromatic heterocycles. The number of fused-ring (bicyclic) bond motifs is 1.